The molecule has 0 bridgehead atoms. The monoisotopic (exact) mass is 294 g/mol. The van der Waals surface area contributed by atoms with Gasteiger partial charge >= 0.3 is 0 Å². The van der Waals surface area contributed by atoms with Crippen LogP contribution in [0.2, 0.25) is 0 Å². The number of fused-ring (bicyclic) bond motifs is 1. The van der Waals surface area contributed by atoms with E-state index in [0.717, 1.165) is 19.6 Å². The lowest BCUT2D eigenvalue weighted by atomic mass is 9.88. The second kappa shape index (κ2) is 7.57. The van der Waals surface area contributed by atoms with Gasteiger partial charge in [-0.2, -0.15) is 0 Å². The number of rotatable bonds is 6. The van der Waals surface area contributed by atoms with Gasteiger partial charge in [0.2, 0.25) is 0 Å². The molecule has 0 amide bonds. The molecule has 1 atom stereocenters. The van der Waals surface area contributed by atoms with Gasteiger partial charge in [0.25, 0.3) is 0 Å². The molecule has 3 rings (SSSR count). The Balaban J connectivity index is 1.47. The summed E-state index contributed by atoms with van der Waals surface area (Å²) >= 11 is 0. The summed E-state index contributed by atoms with van der Waals surface area (Å²) in [5.41, 5.74) is 4.43. The summed E-state index contributed by atoms with van der Waals surface area (Å²) in [6, 6.07) is 20.1. The Morgan fingerprint density at radius 1 is 1.05 bits per heavy atom. The Bertz CT molecular complexity index is 579. The topological polar surface area (TPSA) is 15.3 Å². The summed E-state index contributed by atoms with van der Waals surface area (Å²) in [6.07, 6.45) is 3.80. The highest BCUT2D eigenvalue weighted by Crippen LogP contribution is 2.29. The van der Waals surface area contributed by atoms with Crippen molar-refractivity contribution in [1.29, 1.82) is 0 Å². The van der Waals surface area contributed by atoms with E-state index in [0.29, 0.717) is 6.04 Å². The van der Waals surface area contributed by atoms with Crippen molar-refractivity contribution in [2.45, 2.75) is 31.8 Å². The highest BCUT2D eigenvalue weighted by atomic mass is 15.1. The predicted molar refractivity (Wildman–Crippen MR) is 92.9 cm³/mol. The molecule has 0 fully saturated rings. The smallest absolute Gasteiger partial charge is 0.0323 e. The van der Waals surface area contributed by atoms with Gasteiger partial charge in [-0.15, -0.1) is 0 Å². The predicted octanol–water partition coefficient (Wildman–Crippen LogP) is 3.79. The van der Waals surface area contributed by atoms with E-state index in [-0.39, 0.29) is 0 Å². The molecular formula is C20H26N2. The van der Waals surface area contributed by atoms with Crippen molar-refractivity contribution in [2.75, 3.05) is 20.1 Å². The van der Waals surface area contributed by atoms with E-state index in [4.69, 9.17) is 0 Å². The average Bonchev–Trinajstić information content (AvgIpc) is 2.56. The number of aryl methyl sites for hydroxylation is 1. The second-order valence-corrected chi connectivity index (χ2v) is 6.32. The molecule has 0 heterocycles. The fraction of sp³-hybridized carbons (Fsp3) is 0.400. The van der Waals surface area contributed by atoms with Crippen LogP contribution in [0.4, 0.5) is 0 Å². The van der Waals surface area contributed by atoms with Crippen molar-refractivity contribution in [3.05, 3.63) is 71.3 Å². The molecule has 0 aromatic heterocycles. The van der Waals surface area contributed by atoms with E-state index in [1.54, 1.807) is 0 Å². The van der Waals surface area contributed by atoms with Crippen molar-refractivity contribution in [3.8, 4) is 0 Å². The first-order valence-electron chi connectivity index (χ1n) is 8.36. The van der Waals surface area contributed by atoms with Crippen LogP contribution in [0.1, 0.15) is 35.6 Å². The minimum atomic E-state index is 0.537. The molecule has 2 aromatic rings. The molecule has 2 aromatic carbocycles. The Morgan fingerprint density at radius 3 is 2.68 bits per heavy atom. The molecule has 1 N–H and O–H groups in total. The third kappa shape index (κ3) is 3.96. The van der Waals surface area contributed by atoms with E-state index in [1.165, 1.54) is 36.0 Å². The number of nitrogens with one attached hydrogen (secondary N) is 1. The van der Waals surface area contributed by atoms with E-state index in [9.17, 15) is 0 Å². The standard InChI is InChI=1S/C20H26N2/c1-22(16-17-8-3-2-4-9-17)15-14-21-20-13-7-11-18-10-5-6-12-19(18)20/h2-6,8-10,12,20-21H,7,11,13-16H2,1H3/t20-/m0/s1. The molecule has 1 aliphatic carbocycles. The van der Waals surface area contributed by atoms with Crippen molar-refractivity contribution in [1.82, 2.24) is 10.2 Å². The third-order valence-electron chi connectivity index (χ3n) is 4.55. The molecule has 0 radical (unpaired) electrons. The number of hydrogen-bond donors (Lipinski definition) is 1. The van der Waals surface area contributed by atoms with E-state index >= 15 is 0 Å². The average molecular weight is 294 g/mol. The van der Waals surface area contributed by atoms with Crippen LogP contribution in [-0.4, -0.2) is 25.0 Å². The summed E-state index contributed by atoms with van der Waals surface area (Å²) < 4.78 is 0. The van der Waals surface area contributed by atoms with Crippen molar-refractivity contribution >= 4 is 0 Å². The van der Waals surface area contributed by atoms with Gasteiger partial charge in [0.15, 0.2) is 0 Å². The largest absolute Gasteiger partial charge is 0.309 e. The van der Waals surface area contributed by atoms with E-state index in [2.05, 4.69) is 71.9 Å². The van der Waals surface area contributed by atoms with Crippen molar-refractivity contribution in [3.63, 3.8) is 0 Å². The summed E-state index contributed by atoms with van der Waals surface area (Å²) in [6.45, 7) is 3.14. The van der Waals surface area contributed by atoms with E-state index in [1.807, 2.05) is 0 Å². The number of benzene rings is 2. The van der Waals surface area contributed by atoms with Crippen LogP contribution in [0.3, 0.4) is 0 Å². The van der Waals surface area contributed by atoms with Crippen LogP contribution < -0.4 is 5.32 Å². The lowest BCUT2D eigenvalue weighted by Gasteiger charge is -2.27. The highest BCUT2D eigenvalue weighted by Gasteiger charge is 2.18. The summed E-state index contributed by atoms with van der Waals surface area (Å²) in [5, 5.41) is 3.75. The molecule has 0 aliphatic heterocycles. The van der Waals surface area contributed by atoms with Gasteiger partial charge in [0.05, 0.1) is 0 Å². The molecule has 0 spiro atoms. The summed E-state index contributed by atoms with van der Waals surface area (Å²) in [5.74, 6) is 0. The van der Waals surface area contributed by atoms with Crippen molar-refractivity contribution < 1.29 is 0 Å². The maximum absolute atomic E-state index is 3.75. The number of nitrogens with zero attached hydrogens (tertiary/aromatic N) is 1. The van der Waals surface area contributed by atoms with Crippen LogP contribution in [0.5, 0.6) is 0 Å². The van der Waals surface area contributed by atoms with Gasteiger partial charge in [-0.3, -0.25) is 0 Å². The lowest BCUT2D eigenvalue weighted by Crippen LogP contribution is -2.32. The molecule has 116 valence electrons. The van der Waals surface area contributed by atoms with Crippen molar-refractivity contribution in [2.24, 2.45) is 0 Å². The molecule has 2 nitrogen and oxygen atoms in total. The Hall–Kier alpha value is -1.64. The minimum Gasteiger partial charge on any atom is -0.309 e. The first kappa shape index (κ1) is 15.3. The first-order chi connectivity index (χ1) is 10.8. The van der Waals surface area contributed by atoms with Crippen LogP contribution >= 0.6 is 0 Å². The van der Waals surface area contributed by atoms with Gasteiger partial charge in [0, 0.05) is 25.7 Å². The Kier molecular flexibility index (Phi) is 5.25. The fourth-order valence-electron chi connectivity index (χ4n) is 3.37. The normalized spacial score (nSPS) is 17.5. The molecule has 0 saturated heterocycles. The molecular weight excluding hydrogens is 268 g/mol. The maximum Gasteiger partial charge on any atom is 0.0323 e. The number of hydrogen-bond acceptors (Lipinski definition) is 2. The molecule has 0 saturated carbocycles. The number of likely N-dealkylation sites (N-methyl/N-ethyl adjacent to an activating group) is 1. The van der Waals surface area contributed by atoms with Crippen LogP contribution in [0.15, 0.2) is 54.6 Å². The van der Waals surface area contributed by atoms with Gasteiger partial charge < -0.3 is 10.2 Å². The van der Waals surface area contributed by atoms with Gasteiger partial charge in [-0.25, -0.2) is 0 Å². The Morgan fingerprint density at radius 2 is 1.82 bits per heavy atom. The summed E-state index contributed by atoms with van der Waals surface area (Å²) in [7, 11) is 2.20. The second-order valence-electron chi connectivity index (χ2n) is 6.32. The zero-order valence-corrected chi connectivity index (χ0v) is 13.5. The van der Waals surface area contributed by atoms with Crippen LogP contribution in [-0.2, 0) is 13.0 Å². The summed E-state index contributed by atoms with van der Waals surface area (Å²) in [4.78, 5) is 2.39. The molecule has 22 heavy (non-hydrogen) atoms. The Labute approximate surface area is 134 Å². The van der Waals surface area contributed by atoms with Gasteiger partial charge in [-0.05, 0) is 43.0 Å². The van der Waals surface area contributed by atoms with Crippen LogP contribution in [0.25, 0.3) is 0 Å². The van der Waals surface area contributed by atoms with Gasteiger partial charge in [0.1, 0.15) is 0 Å². The van der Waals surface area contributed by atoms with Crippen LogP contribution in [0, 0.1) is 0 Å². The maximum atomic E-state index is 3.75. The lowest BCUT2D eigenvalue weighted by molar-refractivity contribution is 0.312. The highest BCUT2D eigenvalue weighted by molar-refractivity contribution is 5.32. The van der Waals surface area contributed by atoms with E-state index < -0.39 is 0 Å². The molecule has 0 unspecified atom stereocenters. The first-order valence-corrected chi connectivity index (χ1v) is 8.36. The zero-order chi connectivity index (χ0) is 15.2. The SMILES string of the molecule is CN(CCN[C@H]1CCCc2ccccc21)Cc1ccccc1. The minimum absolute atomic E-state index is 0.537. The molecule has 2 heteroatoms. The molecule has 1 aliphatic rings. The quantitative estimate of drug-likeness (QED) is 0.872. The van der Waals surface area contributed by atoms with Gasteiger partial charge in [-0.1, -0.05) is 54.6 Å². The zero-order valence-electron chi connectivity index (χ0n) is 13.5. The third-order valence-corrected chi connectivity index (χ3v) is 4.55. The fourth-order valence-corrected chi connectivity index (χ4v) is 3.37.